The third kappa shape index (κ3) is 5.15. The van der Waals surface area contributed by atoms with Gasteiger partial charge in [0.05, 0.1) is 39.6 Å². The van der Waals surface area contributed by atoms with Crippen molar-refractivity contribution in [3.8, 4) is 5.75 Å². The number of hydrogen-bond donors (Lipinski definition) is 0. The summed E-state index contributed by atoms with van der Waals surface area (Å²) in [6, 6.07) is 10.8. The highest BCUT2D eigenvalue weighted by Crippen LogP contribution is 2.32. The number of carbonyl (C=O) groups excluding carboxylic acids is 1. The molecular weight excluding hydrogens is 503 g/mol. The molecule has 3 aromatic rings. The van der Waals surface area contributed by atoms with Crippen LogP contribution in [0.1, 0.15) is 51.3 Å². The van der Waals surface area contributed by atoms with E-state index in [1.807, 2.05) is 19.1 Å². The van der Waals surface area contributed by atoms with E-state index in [-0.39, 0.29) is 26.8 Å². The van der Waals surface area contributed by atoms with Gasteiger partial charge in [-0.25, -0.2) is 14.2 Å². The number of ether oxygens (including phenoxy) is 2. The number of carbonyl (C=O) groups is 1. The molecule has 1 unspecified atom stereocenters. The fourth-order valence-electron chi connectivity index (χ4n) is 3.92. The Morgan fingerprint density at radius 3 is 2.61 bits per heavy atom. The summed E-state index contributed by atoms with van der Waals surface area (Å²) in [5.41, 5.74) is 1.13. The van der Waals surface area contributed by atoms with Crippen LogP contribution in [0.4, 0.5) is 4.39 Å². The predicted octanol–water partition coefficient (Wildman–Crippen LogP) is 4.77. The van der Waals surface area contributed by atoms with Gasteiger partial charge in [-0.05, 0) is 63.1 Å². The smallest absolute Gasteiger partial charge is 0.338 e. The molecule has 0 saturated heterocycles. The largest absolute Gasteiger partial charge is 0.494 e. The van der Waals surface area contributed by atoms with Crippen molar-refractivity contribution in [3.63, 3.8) is 0 Å². The number of aromatic nitrogens is 1. The lowest BCUT2D eigenvalue weighted by Crippen LogP contribution is -2.40. The minimum atomic E-state index is -0.772. The Labute approximate surface area is 217 Å². The van der Waals surface area contributed by atoms with Crippen LogP contribution < -0.4 is 19.6 Å². The molecule has 1 aromatic heterocycles. The molecular formula is C27H26ClFN2O4S. The predicted molar refractivity (Wildman–Crippen MR) is 139 cm³/mol. The molecule has 2 aromatic carbocycles. The molecule has 2 heterocycles. The second kappa shape index (κ2) is 10.8. The molecule has 0 aliphatic carbocycles. The maximum atomic E-state index is 14.4. The highest BCUT2D eigenvalue weighted by atomic mass is 35.5. The van der Waals surface area contributed by atoms with Crippen LogP contribution >= 0.6 is 22.9 Å². The number of fused-ring (bicyclic) bond motifs is 1. The number of benzene rings is 2. The molecule has 0 spiro atoms. The minimum Gasteiger partial charge on any atom is -0.494 e. The van der Waals surface area contributed by atoms with Gasteiger partial charge >= 0.3 is 5.97 Å². The van der Waals surface area contributed by atoms with Crippen LogP contribution in [-0.4, -0.2) is 23.2 Å². The molecule has 0 radical (unpaired) electrons. The first-order chi connectivity index (χ1) is 17.2. The number of esters is 1. The molecule has 6 nitrogen and oxygen atoms in total. The molecule has 0 fully saturated rings. The normalized spacial score (nSPS) is 15.6. The lowest BCUT2D eigenvalue weighted by molar-refractivity contribution is -0.143. The summed E-state index contributed by atoms with van der Waals surface area (Å²) < 4.78 is 27.4. The van der Waals surface area contributed by atoms with E-state index in [1.54, 1.807) is 39.0 Å². The zero-order chi connectivity index (χ0) is 26.0. The molecule has 0 saturated carbocycles. The summed E-state index contributed by atoms with van der Waals surface area (Å²) in [5, 5.41) is 0.192. The first-order valence-corrected chi connectivity index (χ1v) is 12.8. The number of halogens is 2. The zero-order valence-corrected chi connectivity index (χ0v) is 22.0. The van der Waals surface area contributed by atoms with Gasteiger partial charge in [-0.15, -0.1) is 0 Å². The van der Waals surface area contributed by atoms with Gasteiger partial charge in [0.2, 0.25) is 0 Å². The molecule has 36 heavy (non-hydrogen) atoms. The van der Waals surface area contributed by atoms with Crippen molar-refractivity contribution in [1.29, 1.82) is 0 Å². The second-order valence-corrected chi connectivity index (χ2v) is 10.0. The Bertz CT molecular complexity index is 1490. The van der Waals surface area contributed by atoms with E-state index in [0.29, 0.717) is 28.4 Å². The fourth-order valence-corrected chi connectivity index (χ4v) is 5.17. The van der Waals surface area contributed by atoms with Gasteiger partial charge in [0.15, 0.2) is 4.80 Å². The summed E-state index contributed by atoms with van der Waals surface area (Å²) in [7, 11) is 0. The van der Waals surface area contributed by atoms with E-state index in [2.05, 4.69) is 4.99 Å². The SMILES string of the molecule is CCCOc1ccc(C2C(C(=O)OC(C)C)=C(C)N=c3sc(=Cc4c(F)cccc4Cl)c(=O)n32)cc1. The topological polar surface area (TPSA) is 69.9 Å². The Morgan fingerprint density at radius 2 is 1.97 bits per heavy atom. The lowest BCUT2D eigenvalue weighted by Gasteiger charge is -2.25. The number of rotatable bonds is 7. The van der Waals surface area contributed by atoms with Crippen molar-refractivity contribution >= 4 is 35.0 Å². The molecule has 188 valence electrons. The van der Waals surface area contributed by atoms with E-state index in [9.17, 15) is 14.0 Å². The van der Waals surface area contributed by atoms with E-state index in [1.165, 1.54) is 22.8 Å². The molecule has 0 bridgehead atoms. The molecule has 1 aliphatic heterocycles. The number of thiazole rings is 1. The molecule has 4 rings (SSSR count). The number of nitrogens with zero attached hydrogens (tertiary/aromatic N) is 2. The zero-order valence-electron chi connectivity index (χ0n) is 20.4. The van der Waals surface area contributed by atoms with Crippen LogP contribution in [0.25, 0.3) is 6.08 Å². The standard InChI is InChI=1S/C27H26ClFN2O4S/c1-5-13-34-18-11-9-17(10-12-18)24-23(26(33)35-15(2)3)16(4)30-27-31(24)25(32)22(36-27)14-19-20(28)7-6-8-21(19)29/h6-12,14-15,24H,5,13H2,1-4H3. The van der Waals surface area contributed by atoms with Gasteiger partial charge in [-0.1, -0.05) is 48.1 Å². The van der Waals surface area contributed by atoms with Gasteiger partial charge in [0.1, 0.15) is 11.6 Å². The molecule has 1 aliphatic rings. The van der Waals surface area contributed by atoms with E-state index in [4.69, 9.17) is 21.1 Å². The van der Waals surface area contributed by atoms with Crippen molar-refractivity contribution < 1.29 is 18.7 Å². The fraction of sp³-hybridized carbons (Fsp3) is 0.296. The highest BCUT2D eigenvalue weighted by molar-refractivity contribution is 7.07. The first kappa shape index (κ1) is 25.9. The van der Waals surface area contributed by atoms with Crippen LogP contribution in [0.5, 0.6) is 5.75 Å². The number of hydrogen-bond acceptors (Lipinski definition) is 6. The average Bonchev–Trinajstić information content (AvgIpc) is 3.13. The highest BCUT2D eigenvalue weighted by Gasteiger charge is 2.33. The maximum absolute atomic E-state index is 14.4. The summed E-state index contributed by atoms with van der Waals surface area (Å²) in [6.07, 6.45) is 1.94. The van der Waals surface area contributed by atoms with Crippen molar-refractivity contribution in [3.05, 3.63) is 95.4 Å². The second-order valence-electron chi connectivity index (χ2n) is 8.59. The van der Waals surface area contributed by atoms with E-state index < -0.39 is 23.4 Å². The molecule has 0 amide bonds. The molecule has 9 heteroatoms. The van der Waals surface area contributed by atoms with Crippen LogP contribution in [0, 0.1) is 5.82 Å². The molecule has 1 atom stereocenters. The summed E-state index contributed by atoms with van der Waals surface area (Å²) >= 11 is 7.30. The Morgan fingerprint density at radius 1 is 1.25 bits per heavy atom. The van der Waals surface area contributed by atoms with Gasteiger partial charge in [0.25, 0.3) is 5.56 Å². The first-order valence-electron chi connectivity index (χ1n) is 11.6. The quantitative estimate of drug-likeness (QED) is 0.414. The van der Waals surface area contributed by atoms with Crippen molar-refractivity contribution in [1.82, 2.24) is 4.57 Å². The third-order valence-electron chi connectivity index (χ3n) is 5.53. The van der Waals surface area contributed by atoms with Gasteiger partial charge < -0.3 is 9.47 Å². The summed E-state index contributed by atoms with van der Waals surface area (Å²) in [6.45, 7) is 7.84. The van der Waals surface area contributed by atoms with Crippen LogP contribution in [0.2, 0.25) is 5.02 Å². The minimum absolute atomic E-state index is 0.119. The lowest BCUT2D eigenvalue weighted by atomic mass is 9.96. The van der Waals surface area contributed by atoms with Crippen LogP contribution in [0.15, 0.2) is 63.5 Å². The van der Waals surface area contributed by atoms with Gasteiger partial charge in [-0.3, -0.25) is 9.36 Å². The van der Waals surface area contributed by atoms with Crippen molar-refractivity contribution in [2.45, 2.75) is 46.3 Å². The van der Waals surface area contributed by atoms with E-state index in [0.717, 1.165) is 17.8 Å². The number of allylic oxidation sites excluding steroid dienone is 1. The van der Waals surface area contributed by atoms with Crippen LogP contribution in [-0.2, 0) is 9.53 Å². The summed E-state index contributed by atoms with van der Waals surface area (Å²) in [5.74, 6) is -0.395. The van der Waals surface area contributed by atoms with E-state index >= 15 is 0 Å². The average molecular weight is 529 g/mol. The Hall–Kier alpha value is -3.23. The maximum Gasteiger partial charge on any atom is 0.338 e. The molecule has 0 N–H and O–H groups in total. The van der Waals surface area contributed by atoms with Gasteiger partial charge in [0, 0.05) is 5.56 Å². The van der Waals surface area contributed by atoms with Crippen molar-refractivity contribution in [2.24, 2.45) is 4.99 Å². The Balaban J connectivity index is 1.91. The van der Waals surface area contributed by atoms with Gasteiger partial charge in [-0.2, -0.15) is 0 Å². The third-order valence-corrected chi connectivity index (χ3v) is 6.84. The monoisotopic (exact) mass is 528 g/mol. The van der Waals surface area contributed by atoms with Crippen molar-refractivity contribution in [2.75, 3.05) is 6.61 Å². The summed E-state index contributed by atoms with van der Waals surface area (Å²) in [4.78, 5) is 31.8. The van der Waals surface area contributed by atoms with Crippen LogP contribution in [0.3, 0.4) is 0 Å². The Kier molecular flexibility index (Phi) is 7.76.